The molecule has 0 bridgehead atoms. The minimum atomic E-state index is 0.448. The van der Waals surface area contributed by atoms with Crippen molar-refractivity contribution in [1.29, 1.82) is 0 Å². The van der Waals surface area contributed by atoms with Crippen molar-refractivity contribution in [3.63, 3.8) is 0 Å². The average molecular weight is 408 g/mol. The SMILES string of the molecule is COc1cc(OC)c(CNc2ncnc3c2c(Br)nn3C)c(OC)c1. The smallest absolute Gasteiger partial charge is 0.164 e. The number of nitrogens with one attached hydrogen (secondary N) is 1. The van der Waals surface area contributed by atoms with E-state index in [1.807, 2.05) is 19.2 Å². The Labute approximate surface area is 153 Å². The summed E-state index contributed by atoms with van der Waals surface area (Å²) in [5.41, 5.74) is 1.59. The topological polar surface area (TPSA) is 83.3 Å². The van der Waals surface area contributed by atoms with Crippen LogP contribution in [0, 0.1) is 0 Å². The third-order valence-electron chi connectivity index (χ3n) is 3.83. The highest BCUT2D eigenvalue weighted by Crippen LogP contribution is 2.35. The summed E-state index contributed by atoms with van der Waals surface area (Å²) in [5, 5.41) is 8.45. The van der Waals surface area contributed by atoms with Crippen molar-refractivity contribution in [3.8, 4) is 17.2 Å². The predicted molar refractivity (Wildman–Crippen MR) is 97.4 cm³/mol. The molecule has 2 aromatic heterocycles. The fourth-order valence-electron chi connectivity index (χ4n) is 2.60. The maximum Gasteiger partial charge on any atom is 0.164 e. The van der Waals surface area contributed by atoms with E-state index >= 15 is 0 Å². The summed E-state index contributed by atoms with van der Waals surface area (Å²) in [5.74, 6) is 2.67. The maximum atomic E-state index is 5.48. The number of methoxy groups -OCH3 is 3. The van der Waals surface area contributed by atoms with Crippen LogP contribution in [0.25, 0.3) is 11.0 Å². The molecule has 8 nitrogen and oxygen atoms in total. The van der Waals surface area contributed by atoms with Gasteiger partial charge in [-0.15, -0.1) is 0 Å². The minimum Gasteiger partial charge on any atom is -0.496 e. The monoisotopic (exact) mass is 407 g/mol. The van der Waals surface area contributed by atoms with Crippen LogP contribution < -0.4 is 19.5 Å². The Morgan fingerprint density at radius 3 is 2.36 bits per heavy atom. The fraction of sp³-hybridized carbons (Fsp3) is 0.312. The zero-order chi connectivity index (χ0) is 18.0. The summed E-state index contributed by atoms with van der Waals surface area (Å²) in [6.07, 6.45) is 1.50. The van der Waals surface area contributed by atoms with Crippen molar-refractivity contribution in [2.75, 3.05) is 26.6 Å². The molecule has 1 aromatic carbocycles. The van der Waals surface area contributed by atoms with Gasteiger partial charge in [-0.2, -0.15) is 5.10 Å². The third-order valence-corrected chi connectivity index (χ3v) is 4.38. The molecule has 9 heteroatoms. The van der Waals surface area contributed by atoms with E-state index in [1.54, 1.807) is 26.0 Å². The normalized spacial score (nSPS) is 10.8. The Balaban J connectivity index is 1.97. The Morgan fingerprint density at radius 1 is 1.08 bits per heavy atom. The first-order valence-electron chi connectivity index (χ1n) is 7.45. The Morgan fingerprint density at radius 2 is 1.76 bits per heavy atom. The van der Waals surface area contributed by atoms with E-state index in [-0.39, 0.29) is 0 Å². The number of rotatable bonds is 6. The highest BCUT2D eigenvalue weighted by atomic mass is 79.9. The zero-order valence-electron chi connectivity index (χ0n) is 14.3. The lowest BCUT2D eigenvalue weighted by Gasteiger charge is -2.16. The van der Waals surface area contributed by atoms with Crippen molar-refractivity contribution in [2.45, 2.75) is 6.54 Å². The first-order chi connectivity index (χ1) is 12.1. The second kappa shape index (κ2) is 7.14. The zero-order valence-corrected chi connectivity index (χ0v) is 15.9. The van der Waals surface area contributed by atoms with Gasteiger partial charge in [0.15, 0.2) is 5.65 Å². The van der Waals surface area contributed by atoms with Gasteiger partial charge >= 0.3 is 0 Å². The summed E-state index contributed by atoms with van der Waals surface area (Å²) in [7, 11) is 6.65. The van der Waals surface area contributed by atoms with Crippen molar-refractivity contribution >= 4 is 32.8 Å². The maximum absolute atomic E-state index is 5.48. The molecular weight excluding hydrogens is 390 g/mol. The van der Waals surface area contributed by atoms with Gasteiger partial charge in [-0.3, -0.25) is 0 Å². The van der Waals surface area contributed by atoms with Crippen LogP contribution in [0.4, 0.5) is 5.82 Å². The van der Waals surface area contributed by atoms with E-state index in [9.17, 15) is 0 Å². The highest BCUT2D eigenvalue weighted by Gasteiger charge is 2.16. The lowest BCUT2D eigenvalue weighted by molar-refractivity contribution is 0.369. The molecule has 25 heavy (non-hydrogen) atoms. The number of ether oxygens (including phenoxy) is 3. The lowest BCUT2D eigenvalue weighted by Crippen LogP contribution is -2.06. The van der Waals surface area contributed by atoms with E-state index in [2.05, 4.69) is 36.3 Å². The van der Waals surface area contributed by atoms with Crippen LogP contribution in [0.3, 0.4) is 0 Å². The van der Waals surface area contributed by atoms with Gasteiger partial charge in [-0.05, 0) is 15.9 Å². The average Bonchev–Trinajstić information content (AvgIpc) is 2.93. The largest absolute Gasteiger partial charge is 0.496 e. The van der Waals surface area contributed by atoms with Crippen molar-refractivity contribution in [1.82, 2.24) is 19.7 Å². The third kappa shape index (κ3) is 3.19. The first kappa shape index (κ1) is 17.3. The van der Waals surface area contributed by atoms with Crippen molar-refractivity contribution < 1.29 is 14.2 Å². The van der Waals surface area contributed by atoms with E-state index in [0.717, 1.165) is 16.6 Å². The van der Waals surface area contributed by atoms with Gasteiger partial charge in [0.1, 0.15) is 34.0 Å². The quantitative estimate of drug-likeness (QED) is 0.672. The van der Waals surface area contributed by atoms with Crippen LogP contribution in [-0.4, -0.2) is 41.1 Å². The van der Waals surface area contributed by atoms with Crippen LogP contribution in [0.1, 0.15) is 5.56 Å². The number of benzene rings is 1. The molecule has 1 N–H and O–H groups in total. The van der Waals surface area contributed by atoms with E-state index in [4.69, 9.17) is 14.2 Å². The molecule has 0 amide bonds. The van der Waals surface area contributed by atoms with Crippen LogP contribution in [0.15, 0.2) is 23.1 Å². The van der Waals surface area contributed by atoms with Gasteiger partial charge < -0.3 is 19.5 Å². The van der Waals surface area contributed by atoms with Crippen LogP contribution in [-0.2, 0) is 13.6 Å². The highest BCUT2D eigenvalue weighted by molar-refractivity contribution is 9.10. The van der Waals surface area contributed by atoms with Gasteiger partial charge in [0, 0.05) is 25.7 Å². The second-order valence-electron chi connectivity index (χ2n) is 5.20. The molecule has 2 heterocycles. The molecule has 0 aliphatic rings. The molecule has 132 valence electrons. The number of nitrogens with zero attached hydrogens (tertiary/aromatic N) is 4. The summed E-state index contributed by atoms with van der Waals surface area (Å²) >= 11 is 3.45. The molecule has 3 aromatic rings. The van der Waals surface area contributed by atoms with Gasteiger partial charge in [0.2, 0.25) is 0 Å². The number of aryl methyl sites for hydroxylation is 1. The molecule has 0 atom stereocenters. The molecule has 0 spiro atoms. The van der Waals surface area contributed by atoms with Crippen LogP contribution >= 0.6 is 15.9 Å². The van der Waals surface area contributed by atoms with Gasteiger partial charge in [-0.25, -0.2) is 14.6 Å². The number of aromatic nitrogens is 4. The van der Waals surface area contributed by atoms with Crippen molar-refractivity contribution in [3.05, 3.63) is 28.6 Å². The standard InChI is InChI=1S/C16H18BrN5O3/c1-22-16-13(14(17)21-22)15(19-8-20-16)18-7-10-11(24-3)5-9(23-2)6-12(10)25-4/h5-6,8H,7H2,1-4H3,(H,18,19,20). The molecule has 0 aliphatic carbocycles. The number of anilines is 1. The summed E-state index contributed by atoms with van der Waals surface area (Å²) < 4.78 is 18.6. The molecule has 0 unspecified atom stereocenters. The predicted octanol–water partition coefficient (Wildman–Crippen LogP) is 2.76. The minimum absolute atomic E-state index is 0.448. The Kier molecular flexibility index (Phi) is 4.93. The second-order valence-corrected chi connectivity index (χ2v) is 5.95. The fourth-order valence-corrected chi connectivity index (χ4v) is 3.20. The van der Waals surface area contributed by atoms with Gasteiger partial charge in [0.25, 0.3) is 0 Å². The van der Waals surface area contributed by atoms with Crippen LogP contribution in [0.5, 0.6) is 17.2 Å². The summed E-state index contributed by atoms with van der Waals surface area (Å²) in [6.45, 7) is 0.448. The number of halogens is 1. The molecule has 0 fully saturated rings. The number of hydrogen-bond acceptors (Lipinski definition) is 7. The van der Waals surface area contributed by atoms with E-state index in [1.165, 1.54) is 6.33 Å². The Bertz CT molecular complexity index is 887. The van der Waals surface area contributed by atoms with Gasteiger partial charge in [-0.1, -0.05) is 0 Å². The van der Waals surface area contributed by atoms with Crippen LogP contribution in [0.2, 0.25) is 0 Å². The molecule has 0 aliphatic heterocycles. The van der Waals surface area contributed by atoms with Crippen molar-refractivity contribution in [2.24, 2.45) is 7.05 Å². The molecule has 0 saturated carbocycles. The number of hydrogen-bond donors (Lipinski definition) is 1. The molecule has 0 saturated heterocycles. The van der Waals surface area contributed by atoms with E-state index in [0.29, 0.717) is 34.2 Å². The first-order valence-corrected chi connectivity index (χ1v) is 8.24. The lowest BCUT2D eigenvalue weighted by atomic mass is 10.1. The molecule has 0 radical (unpaired) electrons. The molecule has 3 rings (SSSR count). The molecular formula is C16H18BrN5O3. The van der Waals surface area contributed by atoms with E-state index < -0.39 is 0 Å². The summed E-state index contributed by atoms with van der Waals surface area (Å²) in [4.78, 5) is 8.59. The Hall–Kier alpha value is -2.55. The number of fused-ring (bicyclic) bond motifs is 1. The van der Waals surface area contributed by atoms with Gasteiger partial charge in [0.05, 0.1) is 32.3 Å². The summed E-state index contributed by atoms with van der Waals surface area (Å²) in [6, 6.07) is 3.63.